The van der Waals surface area contributed by atoms with Crippen LogP contribution in [0.4, 0.5) is 0 Å². The molecule has 1 nitrogen and oxygen atoms in total. The predicted molar refractivity (Wildman–Crippen MR) is 78.9 cm³/mol. The van der Waals surface area contributed by atoms with Crippen LogP contribution in [0.25, 0.3) is 0 Å². The van der Waals surface area contributed by atoms with Crippen LogP contribution >= 0.6 is 11.3 Å². The quantitative estimate of drug-likeness (QED) is 0.687. The number of hydrogen-bond donors (Lipinski definition) is 1. The van der Waals surface area contributed by atoms with Crippen LogP contribution in [0.15, 0.2) is 12.1 Å². The van der Waals surface area contributed by atoms with Crippen molar-refractivity contribution in [3.8, 4) is 0 Å². The van der Waals surface area contributed by atoms with E-state index in [1.165, 1.54) is 24.1 Å². The van der Waals surface area contributed by atoms with E-state index >= 15 is 0 Å². The first kappa shape index (κ1) is 14.7. The highest BCUT2D eigenvalue weighted by Gasteiger charge is 2.14. The van der Waals surface area contributed by atoms with E-state index in [0.29, 0.717) is 0 Å². The smallest absolute Gasteiger partial charge is 0.00515 e. The minimum atomic E-state index is 0.756. The van der Waals surface area contributed by atoms with Crippen LogP contribution in [0, 0.1) is 11.8 Å². The molecule has 0 aliphatic heterocycles. The summed E-state index contributed by atoms with van der Waals surface area (Å²) in [6.07, 6.45) is 3.63. The lowest BCUT2D eigenvalue weighted by atomic mass is 9.92. The Morgan fingerprint density at radius 1 is 1.18 bits per heavy atom. The Hall–Kier alpha value is -0.340. The molecule has 0 amide bonds. The molecule has 0 saturated carbocycles. The van der Waals surface area contributed by atoms with Gasteiger partial charge in [0.25, 0.3) is 0 Å². The summed E-state index contributed by atoms with van der Waals surface area (Å²) in [4.78, 5) is 3.07. The molecule has 0 aliphatic carbocycles. The maximum atomic E-state index is 3.56. The van der Waals surface area contributed by atoms with Crippen LogP contribution < -0.4 is 5.32 Å². The third-order valence-corrected chi connectivity index (χ3v) is 4.56. The minimum Gasteiger partial charge on any atom is -0.316 e. The molecule has 1 unspecified atom stereocenters. The van der Waals surface area contributed by atoms with Crippen LogP contribution in [-0.4, -0.2) is 13.1 Å². The molecule has 0 aliphatic rings. The number of nitrogens with one attached hydrogen (secondary N) is 1. The van der Waals surface area contributed by atoms with Crippen LogP contribution in [-0.2, 0) is 12.8 Å². The van der Waals surface area contributed by atoms with Crippen molar-refractivity contribution >= 4 is 11.3 Å². The normalized spacial score (nSPS) is 13.2. The lowest BCUT2D eigenvalue weighted by Crippen LogP contribution is -2.28. The third-order valence-electron chi connectivity index (χ3n) is 3.31. The molecular formula is C15H27NS. The van der Waals surface area contributed by atoms with Crippen molar-refractivity contribution in [2.75, 3.05) is 13.1 Å². The Labute approximate surface area is 111 Å². The van der Waals surface area contributed by atoms with Gasteiger partial charge in [-0.1, -0.05) is 27.7 Å². The molecule has 1 aromatic rings. The molecule has 0 bridgehead atoms. The fourth-order valence-corrected chi connectivity index (χ4v) is 3.04. The lowest BCUT2D eigenvalue weighted by molar-refractivity contribution is 0.363. The first-order valence-corrected chi connectivity index (χ1v) is 7.77. The van der Waals surface area contributed by atoms with E-state index in [-0.39, 0.29) is 0 Å². The molecule has 0 aromatic carbocycles. The van der Waals surface area contributed by atoms with Crippen LogP contribution in [0.3, 0.4) is 0 Å². The zero-order chi connectivity index (χ0) is 12.7. The van der Waals surface area contributed by atoms with Crippen LogP contribution in [0.5, 0.6) is 0 Å². The fourth-order valence-electron chi connectivity index (χ4n) is 1.99. The maximum absolute atomic E-state index is 3.56. The van der Waals surface area contributed by atoms with Gasteiger partial charge >= 0.3 is 0 Å². The van der Waals surface area contributed by atoms with E-state index in [2.05, 4.69) is 45.1 Å². The van der Waals surface area contributed by atoms with Gasteiger partial charge in [-0.2, -0.15) is 0 Å². The number of rotatable bonds is 8. The van der Waals surface area contributed by atoms with Gasteiger partial charge in [0.05, 0.1) is 0 Å². The van der Waals surface area contributed by atoms with E-state index < -0.39 is 0 Å². The summed E-state index contributed by atoms with van der Waals surface area (Å²) in [6, 6.07) is 4.61. The van der Waals surface area contributed by atoms with Gasteiger partial charge in [0.2, 0.25) is 0 Å². The highest BCUT2D eigenvalue weighted by molar-refractivity contribution is 7.11. The average molecular weight is 253 g/mol. The zero-order valence-electron chi connectivity index (χ0n) is 11.8. The van der Waals surface area contributed by atoms with Gasteiger partial charge in [-0.3, -0.25) is 0 Å². The van der Waals surface area contributed by atoms with Gasteiger partial charge < -0.3 is 5.32 Å². The molecule has 0 radical (unpaired) electrons. The van der Waals surface area contributed by atoms with Gasteiger partial charge in [0.1, 0.15) is 0 Å². The minimum absolute atomic E-state index is 0.756. The Morgan fingerprint density at radius 3 is 2.41 bits per heavy atom. The summed E-state index contributed by atoms with van der Waals surface area (Å²) >= 11 is 1.99. The maximum Gasteiger partial charge on any atom is 0.00515 e. The molecule has 98 valence electrons. The molecule has 1 aromatic heterocycles. The first-order chi connectivity index (χ1) is 8.17. The molecule has 0 fully saturated rings. The standard InChI is InChI=1S/C15H27NS/c1-5-9-16-11-13(12(3)4)10-15-8-7-14(6-2)17-15/h7-8,12-13,16H,5-6,9-11H2,1-4H3. The molecule has 17 heavy (non-hydrogen) atoms. The van der Waals surface area contributed by atoms with Crippen molar-refractivity contribution in [1.82, 2.24) is 5.32 Å². The van der Waals surface area contributed by atoms with Crippen molar-refractivity contribution in [3.05, 3.63) is 21.9 Å². The Balaban J connectivity index is 2.47. The molecule has 1 rings (SSSR count). The second-order valence-electron chi connectivity index (χ2n) is 5.13. The summed E-state index contributed by atoms with van der Waals surface area (Å²) in [6.45, 7) is 11.4. The van der Waals surface area contributed by atoms with E-state index in [4.69, 9.17) is 0 Å². The second kappa shape index (κ2) is 7.88. The van der Waals surface area contributed by atoms with Gasteiger partial charge in [-0.25, -0.2) is 0 Å². The topological polar surface area (TPSA) is 12.0 Å². The van der Waals surface area contributed by atoms with Crippen molar-refractivity contribution < 1.29 is 0 Å². The van der Waals surface area contributed by atoms with Crippen molar-refractivity contribution in [1.29, 1.82) is 0 Å². The highest BCUT2D eigenvalue weighted by atomic mass is 32.1. The Morgan fingerprint density at radius 2 is 1.88 bits per heavy atom. The SMILES string of the molecule is CCCNCC(Cc1ccc(CC)s1)C(C)C. The third kappa shape index (κ3) is 5.22. The average Bonchev–Trinajstić information content (AvgIpc) is 2.75. The largest absolute Gasteiger partial charge is 0.316 e. The van der Waals surface area contributed by atoms with Gasteiger partial charge in [0, 0.05) is 9.75 Å². The summed E-state index contributed by atoms with van der Waals surface area (Å²) < 4.78 is 0. The summed E-state index contributed by atoms with van der Waals surface area (Å²) in [5, 5.41) is 3.56. The molecule has 0 spiro atoms. The molecule has 1 atom stereocenters. The number of hydrogen-bond acceptors (Lipinski definition) is 2. The van der Waals surface area contributed by atoms with Crippen molar-refractivity contribution in [3.63, 3.8) is 0 Å². The van der Waals surface area contributed by atoms with E-state index in [1.807, 2.05) is 11.3 Å². The number of aryl methyl sites for hydroxylation is 1. The first-order valence-electron chi connectivity index (χ1n) is 6.95. The van der Waals surface area contributed by atoms with E-state index in [9.17, 15) is 0 Å². The summed E-state index contributed by atoms with van der Waals surface area (Å²) in [7, 11) is 0. The molecule has 1 N–H and O–H groups in total. The van der Waals surface area contributed by atoms with Gasteiger partial charge in [-0.05, 0) is 56.3 Å². The fraction of sp³-hybridized carbons (Fsp3) is 0.733. The molecule has 0 saturated heterocycles. The van der Waals surface area contributed by atoms with Gasteiger partial charge in [-0.15, -0.1) is 11.3 Å². The Bertz CT molecular complexity index is 304. The molecule has 2 heteroatoms. The van der Waals surface area contributed by atoms with Crippen LogP contribution in [0.2, 0.25) is 0 Å². The summed E-state index contributed by atoms with van der Waals surface area (Å²) in [5.41, 5.74) is 0. The van der Waals surface area contributed by atoms with Crippen LogP contribution in [0.1, 0.15) is 43.9 Å². The molecule has 1 heterocycles. The van der Waals surface area contributed by atoms with Crippen molar-refractivity contribution in [2.24, 2.45) is 11.8 Å². The second-order valence-corrected chi connectivity index (χ2v) is 6.39. The van der Waals surface area contributed by atoms with Gasteiger partial charge in [0.15, 0.2) is 0 Å². The van der Waals surface area contributed by atoms with E-state index in [1.54, 1.807) is 4.88 Å². The summed E-state index contributed by atoms with van der Waals surface area (Å²) in [5.74, 6) is 1.52. The van der Waals surface area contributed by atoms with E-state index in [0.717, 1.165) is 24.9 Å². The zero-order valence-corrected chi connectivity index (χ0v) is 12.6. The lowest BCUT2D eigenvalue weighted by Gasteiger charge is -2.20. The number of thiophene rings is 1. The predicted octanol–water partition coefficient (Wildman–Crippen LogP) is 4.12. The Kier molecular flexibility index (Phi) is 6.83. The monoisotopic (exact) mass is 253 g/mol. The van der Waals surface area contributed by atoms with Crippen molar-refractivity contribution in [2.45, 2.75) is 47.0 Å². The highest BCUT2D eigenvalue weighted by Crippen LogP contribution is 2.23. The molecular weight excluding hydrogens is 226 g/mol.